The highest BCUT2D eigenvalue weighted by Crippen LogP contribution is 2.23. The summed E-state index contributed by atoms with van der Waals surface area (Å²) in [7, 11) is 0. The zero-order valence-corrected chi connectivity index (χ0v) is 12.3. The van der Waals surface area contributed by atoms with Crippen LogP contribution in [0.1, 0.15) is 42.1 Å². The number of amides is 1. The van der Waals surface area contributed by atoms with Crippen LogP contribution in [0.3, 0.4) is 0 Å². The molecule has 1 aliphatic rings. The topological polar surface area (TPSA) is 60.8 Å². The summed E-state index contributed by atoms with van der Waals surface area (Å²) < 4.78 is 0. The van der Waals surface area contributed by atoms with Crippen molar-refractivity contribution < 1.29 is 15.0 Å². The van der Waals surface area contributed by atoms with Crippen LogP contribution in [0.25, 0.3) is 0 Å². The lowest BCUT2D eigenvalue weighted by Gasteiger charge is -2.35. The SMILES string of the molecule is CC1(O)CCN(C(=O)c2ccccc2C#CCCO)CC1. The molecule has 0 aliphatic carbocycles. The van der Waals surface area contributed by atoms with Crippen molar-refractivity contribution >= 4 is 5.91 Å². The molecule has 1 saturated heterocycles. The smallest absolute Gasteiger partial charge is 0.255 e. The van der Waals surface area contributed by atoms with Gasteiger partial charge in [-0.05, 0) is 31.9 Å². The van der Waals surface area contributed by atoms with Crippen molar-refractivity contribution in [1.82, 2.24) is 4.90 Å². The maximum atomic E-state index is 12.6. The van der Waals surface area contributed by atoms with Crippen LogP contribution in [0.4, 0.5) is 0 Å². The summed E-state index contributed by atoms with van der Waals surface area (Å²) in [6.45, 7) is 2.95. The van der Waals surface area contributed by atoms with Crippen molar-refractivity contribution in [3.8, 4) is 11.8 Å². The van der Waals surface area contributed by atoms with Gasteiger partial charge >= 0.3 is 0 Å². The molecular formula is C17H21NO3. The van der Waals surface area contributed by atoms with Crippen LogP contribution < -0.4 is 0 Å². The molecule has 1 amide bonds. The highest BCUT2D eigenvalue weighted by atomic mass is 16.3. The number of benzene rings is 1. The summed E-state index contributed by atoms with van der Waals surface area (Å²) in [5, 5.41) is 18.7. The van der Waals surface area contributed by atoms with E-state index in [4.69, 9.17) is 5.11 Å². The first-order valence-electron chi connectivity index (χ1n) is 7.24. The number of rotatable bonds is 2. The van der Waals surface area contributed by atoms with Gasteiger partial charge in [-0.15, -0.1) is 0 Å². The number of piperidine rings is 1. The first-order chi connectivity index (χ1) is 10.0. The Balaban J connectivity index is 2.15. The molecule has 0 unspecified atom stereocenters. The molecule has 1 aromatic rings. The Morgan fingerprint density at radius 3 is 2.67 bits per heavy atom. The van der Waals surface area contributed by atoms with Crippen LogP contribution in [-0.4, -0.2) is 46.3 Å². The third-order valence-electron chi connectivity index (χ3n) is 3.75. The maximum absolute atomic E-state index is 12.6. The third kappa shape index (κ3) is 4.07. The molecule has 1 heterocycles. The highest BCUT2D eigenvalue weighted by molar-refractivity contribution is 5.96. The van der Waals surface area contributed by atoms with Gasteiger partial charge in [-0.3, -0.25) is 4.79 Å². The molecule has 0 spiro atoms. The Hall–Kier alpha value is -1.83. The number of nitrogens with zero attached hydrogens (tertiary/aromatic N) is 1. The summed E-state index contributed by atoms with van der Waals surface area (Å²) in [4.78, 5) is 14.4. The fraction of sp³-hybridized carbons (Fsp3) is 0.471. The van der Waals surface area contributed by atoms with E-state index in [1.807, 2.05) is 25.1 Å². The normalized spacial score (nSPS) is 17.0. The van der Waals surface area contributed by atoms with Crippen molar-refractivity contribution in [2.24, 2.45) is 0 Å². The third-order valence-corrected chi connectivity index (χ3v) is 3.75. The van der Waals surface area contributed by atoms with Gasteiger partial charge in [-0.25, -0.2) is 0 Å². The zero-order chi connectivity index (χ0) is 15.3. The van der Waals surface area contributed by atoms with E-state index in [2.05, 4.69) is 11.8 Å². The average molecular weight is 287 g/mol. The van der Waals surface area contributed by atoms with Crippen LogP contribution >= 0.6 is 0 Å². The van der Waals surface area contributed by atoms with E-state index in [1.165, 1.54) is 0 Å². The van der Waals surface area contributed by atoms with Gasteiger partial charge in [0, 0.05) is 25.1 Å². The lowest BCUT2D eigenvalue weighted by Crippen LogP contribution is -2.45. The van der Waals surface area contributed by atoms with E-state index in [9.17, 15) is 9.90 Å². The minimum absolute atomic E-state index is 0.0182. The standard InChI is InChI=1S/C17H21NO3/c1-17(21)9-11-18(12-10-17)16(20)15-8-3-2-6-14(15)7-4-5-13-19/h2-3,6,8,19,21H,5,9-13H2,1H3. The van der Waals surface area contributed by atoms with Crippen LogP contribution in [0, 0.1) is 11.8 Å². The molecule has 0 atom stereocenters. The van der Waals surface area contributed by atoms with Gasteiger partial charge in [-0.1, -0.05) is 24.0 Å². The Kier molecular flexibility index (Phi) is 5.00. The molecule has 4 heteroatoms. The van der Waals surface area contributed by atoms with E-state index in [0.29, 0.717) is 43.5 Å². The molecule has 1 fully saturated rings. The number of aliphatic hydroxyl groups is 2. The molecule has 0 aromatic heterocycles. The second kappa shape index (κ2) is 6.75. The van der Waals surface area contributed by atoms with E-state index < -0.39 is 5.60 Å². The number of aliphatic hydroxyl groups excluding tert-OH is 1. The number of carbonyl (C=O) groups excluding carboxylic acids is 1. The van der Waals surface area contributed by atoms with Crippen LogP contribution in [-0.2, 0) is 0 Å². The molecule has 21 heavy (non-hydrogen) atoms. The summed E-state index contributed by atoms with van der Waals surface area (Å²) >= 11 is 0. The van der Waals surface area contributed by atoms with Crippen LogP contribution in [0.2, 0.25) is 0 Å². The minimum Gasteiger partial charge on any atom is -0.395 e. The molecule has 0 saturated carbocycles. The summed E-state index contributed by atoms with van der Waals surface area (Å²) in [6.07, 6.45) is 1.59. The van der Waals surface area contributed by atoms with Crippen molar-refractivity contribution in [3.63, 3.8) is 0 Å². The first kappa shape index (κ1) is 15.6. The van der Waals surface area contributed by atoms with Crippen molar-refractivity contribution in [1.29, 1.82) is 0 Å². The Bertz CT molecular complexity index is 559. The van der Waals surface area contributed by atoms with E-state index in [0.717, 1.165) is 0 Å². The molecule has 2 rings (SSSR count). The average Bonchev–Trinajstić information content (AvgIpc) is 2.47. The first-order valence-corrected chi connectivity index (χ1v) is 7.24. The quantitative estimate of drug-likeness (QED) is 0.809. The molecule has 0 radical (unpaired) electrons. The Morgan fingerprint density at radius 1 is 1.33 bits per heavy atom. The van der Waals surface area contributed by atoms with Gasteiger partial charge in [0.1, 0.15) is 0 Å². The van der Waals surface area contributed by atoms with Gasteiger partial charge in [-0.2, -0.15) is 0 Å². The monoisotopic (exact) mass is 287 g/mol. The Labute approximate surface area is 125 Å². The van der Waals surface area contributed by atoms with E-state index in [-0.39, 0.29) is 12.5 Å². The molecule has 112 valence electrons. The van der Waals surface area contributed by atoms with Crippen LogP contribution in [0.5, 0.6) is 0 Å². The zero-order valence-electron chi connectivity index (χ0n) is 12.3. The molecule has 4 nitrogen and oxygen atoms in total. The van der Waals surface area contributed by atoms with Crippen molar-refractivity contribution in [2.45, 2.75) is 31.8 Å². The van der Waals surface area contributed by atoms with Gasteiger partial charge in [0.25, 0.3) is 5.91 Å². The fourth-order valence-corrected chi connectivity index (χ4v) is 2.35. The lowest BCUT2D eigenvalue weighted by atomic mass is 9.93. The predicted molar refractivity (Wildman–Crippen MR) is 80.8 cm³/mol. The molecule has 1 aliphatic heterocycles. The minimum atomic E-state index is -0.669. The molecule has 1 aromatic carbocycles. The van der Waals surface area contributed by atoms with Crippen molar-refractivity contribution in [3.05, 3.63) is 35.4 Å². The lowest BCUT2D eigenvalue weighted by molar-refractivity contribution is -0.00203. The molecule has 2 N–H and O–H groups in total. The highest BCUT2D eigenvalue weighted by Gasteiger charge is 2.30. The van der Waals surface area contributed by atoms with Crippen LogP contribution in [0.15, 0.2) is 24.3 Å². The number of hydrogen-bond acceptors (Lipinski definition) is 3. The van der Waals surface area contributed by atoms with E-state index in [1.54, 1.807) is 11.0 Å². The van der Waals surface area contributed by atoms with Gasteiger partial charge in [0.2, 0.25) is 0 Å². The Morgan fingerprint density at radius 2 is 2.00 bits per heavy atom. The summed E-state index contributed by atoms with van der Waals surface area (Å²) in [5.74, 6) is 5.75. The number of likely N-dealkylation sites (tertiary alicyclic amines) is 1. The fourth-order valence-electron chi connectivity index (χ4n) is 2.35. The second-order valence-corrected chi connectivity index (χ2v) is 5.61. The van der Waals surface area contributed by atoms with Gasteiger partial charge in [0.05, 0.1) is 17.8 Å². The predicted octanol–water partition coefficient (Wildman–Crippen LogP) is 1.41. The van der Waals surface area contributed by atoms with E-state index >= 15 is 0 Å². The molecule has 0 bridgehead atoms. The number of carbonyl (C=O) groups is 1. The van der Waals surface area contributed by atoms with Gasteiger partial charge in [0.15, 0.2) is 0 Å². The summed E-state index contributed by atoms with van der Waals surface area (Å²) in [5.41, 5.74) is 0.606. The summed E-state index contributed by atoms with van der Waals surface area (Å²) in [6, 6.07) is 7.26. The van der Waals surface area contributed by atoms with Crippen molar-refractivity contribution in [2.75, 3.05) is 19.7 Å². The maximum Gasteiger partial charge on any atom is 0.255 e. The second-order valence-electron chi connectivity index (χ2n) is 5.61. The number of hydrogen-bond donors (Lipinski definition) is 2. The van der Waals surface area contributed by atoms with Gasteiger partial charge < -0.3 is 15.1 Å². The largest absolute Gasteiger partial charge is 0.395 e. The molecular weight excluding hydrogens is 266 g/mol.